The number of benzene rings is 2. The van der Waals surface area contributed by atoms with Gasteiger partial charge in [0.2, 0.25) is 0 Å². The third-order valence-electron chi connectivity index (χ3n) is 4.75. The van der Waals surface area contributed by atoms with Gasteiger partial charge in [0.15, 0.2) is 5.60 Å². The van der Waals surface area contributed by atoms with Crippen molar-refractivity contribution in [1.82, 2.24) is 5.32 Å². The predicted octanol–water partition coefficient (Wildman–Crippen LogP) is 2.97. The Morgan fingerprint density at radius 2 is 1.70 bits per heavy atom. The summed E-state index contributed by atoms with van der Waals surface area (Å²) in [5, 5.41) is 3.40. The Morgan fingerprint density at radius 3 is 2.43 bits per heavy atom. The molecule has 3 heteroatoms. The Hall–Kier alpha value is -2.39. The van der Waals surface area contributed by atoms with E-state index in [2.05, 4.69) is 29.6 Å². The van der Waals surface area contributed by atoms with Crippen molar-refractivity contribution in [2.75, 3.05) is 13.1 Å². The highest BCUT2D eigenvalue weighted by molar-refractivity contribution is 5.93. The fraction of sp³-hybridized carbons (Fsp3) is 0.250. The van der Waals surface area contributed by atoms with Crippen LogP contribution in [0.25, 0.3) is 0 Å². The molecule has 2 aliphatic rings. The maximum Gasteiger partial charge on any atom is 0.335 e. The van der Waals surface area contributed by atoms with Gasteiger partial charge in [-0.25, -0.2) is 4.79 Å². The molecule has 0 aliphatic carbocycles. The van der Waals surface area contributed by atoms with Gasteiger partial charge in [0.05, 0.1) is 0 Å². The molecule has 1 N–H and O–H groups in total. The summed E-state index contributed by atoms with van der Waals surface area (Å²) in [4.78, 5) is 12.5. The largest absolute Gasteiger partial charge is 0.446 e. The SMILES string of the molecule is O=C1OC(Cc2ccccc2)(c2ccccc2)C2=C1CCNC2. The molecule has 23 heavy (non-hydrogen) atoms. The van der Waals surface area contributed by atoms with Crippen LogP contribution in [0, 0.1) is 0 Å². The molecular formula is C20H19NO2. The number of nitrogens with one attached hydrogen (secondary N) is 1. The highest BCUT2D eigenvalue weighted by atomic mass is 16.6. The summed E-state index contributed by atoms with van der Waals surface area (Å²) in [6.07, 6.45) is 1.42. The van der Waals surface area contributed by atoms with Crippen LogP contribution in [0.5, 0.6) is 0 Å². The van der Waals surface area contributed by atoms with Crippen molar-refractivity contribution in [2.45, 2.75) is 18.4 Å². The second kappa shape index (κ2) is 5.67. The number of cyclic esters (lactones) is 1. The summed E-state index contributed by atoms with van der Waals surface area (Å²) >= 11 is 0. The normalized spacial score (nSPS) is 23.6. The first kappa shape index (κ1) is 14.2. The molecule has 0 spiro atoms. The molecule has 116 valence electrons. The Balaban J connectivity index is 1.85. The second-order valence-corrected chi connectivity index (χ2v) is 6.13. The van der Waals surface area contributed by atoms with E-state index >= 15 is 0 Å². The molecule has 3 nitrogen and oxygen atoms in total. The number of rotatable bonds is 3. The van der Waals surface area contributed by atoms with Crippen LogP contribution in [-0.2, 0) is 21.6 Å². The lowest BCUT2D eigenvalue weighted by Gasteiger charge is -2.33. The van der Waals surface area contributed by atoms with Crippen molar-refractivity contribution >= 4 is 5.97 Å². The van der Waals surface area contributed by atoms with Gasteiger partial charge in [-0.05, 0) is 18.5 Å². The first-order valence-corrected chi connectivity index (χ1v) is 8.06. The zero-order valence-corrected chi connectivity index (χ0v) is 12.9. The lowest BCUT2D eigenvalue weighted by molar-refractivity contribution is -0.147. The molecule has 0 bridgehead atoms. The van der Waals surface area contributed by atoms with Crippen LogP contribution in [0.2, 0.25) is 0 Å². The fourth-order valence-corrected chi connectivity index (χ4v) is 3.65. The van der Waals surface area contributed by atoms with Crippen molar-refractivity contribution in [1.29, 1.82) is 0 Å². The molecule has 0 aromatic heterocycles. The van der Waals surface area contributed by atoms with Gasteiger partial charge in [-0.1, -0.05) is 60.7 Å². The smallest absolute Gasteiger partial charge is 0.335 e. The van der Waals surface area contributed by atoms with Crippen LogP contribution in [0.1, 0.15) is 17.5 Å². The standard InChI is InChI=1S/C20H19NO2/c22-19-17-11-12-21-14-18(17)20(23-19,16-9-5-2-6-10-16)13-15-7-3-1-4-8-15/h1-10,21H,11-14H2. The van der Waals surface area contributed by atoms with Crippen molar-refractivity contribution in [2.24, 2.45) is 0 Å². The maximum absolute atomic E-state index is 12.5. The molecule has 4 rings (SSSR count). The van der Waals surface area contributed by atoms with Gasteiger partial charge in [-0.3, -0.25) is 0 Å². The molecule has 2 heterocycles. The molecule has 0 amide bonds. The van der Waals surface area contributed by atoms with Crippen LogP contribution in [-0.4, -0.2) is 19.1 Å². The number of esters is 1. The third-order valence-corrected chi connectivity index (χ3v) is 4.75. The van der Waals surface area contributed by atoms with E-state index in [4.69, 9.17) is 4.74 Å². The summed E-state index contributed by atoms with van der Waals surface area (Å²) in [7, 11) is 0. The molecule has 0 radical (unpaired) electrons. The Bertz CT molecular complexity index is 752. The average Bonchev–Trinajstić information content (AvgIpc) is 2.90. The van der Waals surface area contributed by atoms with Gasteiger partial charge in [0, 0.05) is 29.7 Å². The number of carbonyl (C=O) groups is 1. The van der Waals surface area contributed by atoms with E-state index in [-0.39, 0.29) is 5.97 Å². The van der Waals surface area contributed by atoms with Gasteiger partial charge < -0.3 is 10.1 Å². The first-order valence-electron chi connectivity index (χ1n) is 8.06. The number of ether oxygens (including phenoxy) is 1. The minimum Gasteiger partial charge on any atom is -0.446 e. The summed E-state index contributed by atoms with van der Waals surface area (Å²) in [5.41, 5.74) is 3.50. The van der Waals surface area contributed by atoms with E-state index in [0.717, 1.165) is 29.7 Å². The van der Waals surface area contributed by atoms with Gasteiger partial charge in [0.25, 0.3) is 0 Å². The van der Waals surface area contributed by atoms with Gasteiger partial charge in [0.1, 0.15) is 0 Å². The molecule has 1 unspecified atom stereocenters. The quantitative estimate of drug-likeness (QED) is 0.886. The molecule has 2 aromatic rings. The lowest BCUT2D eigenvalue weighted by Crippen LogP contribution is -2.37. The molecule has 0 saturated carbocycles. The van der Waals surface area contributed by atoms with Crippen molar-refractivity contribution < 1.29 is 9.53 Å². The first-order chi connectivity index (χ1) is 11.3. The zero-order chi connectivity index (χ0) is 15.7. The van der Waals surface area contributed by atoms with E-state index in [1.54, 1.807) is 0 Å². The predicted molar refractivity (Wildman–Crippen MR) is 88.9 cm³/mol. The van der Waals surface area contributed by atoms with Crippen molar-refractivity contribution in [3.8, 4) is 0 Å². The van der Waals surface area contributed by atoms with E-state index < -0.39 is 5.60 Å². The average molecular weight is 305 g/mol. The highest BCUT2D eigenvalue weighted by Gasteiger charge is 2.49. The minimum atomic E-state index is -0.678. The van der Waals surface area contributed by atoms with Crippen LogP contribution in [0.3, 0.4) is 0 Å². The zero-order valence-electron chi connectivity index (χ0n) is 12.9. The summed E-state index contributed by atoms with van der Waals surface area (Å²) in [6.45, 7) is 1.55. The fourth-order valence-electron chi connectivity index (χ4n) is 3.65. The number of hydrogen-bond donors (Lipinski definition) is 1. The molecule has 2 aliphatic heterocycles. The van der Waals surface area contributed by atoms with E-state index in [9.17, 15) is 4.79 Å². The highest BCUT2D eigenvalue weighted by Crippen LogP contribution is 2.45. The molecule has 1 atom stereocenters. The maximum atomic E-state index is 12.5. The van der Waals surface area contributed by atoms with E-state index in [1.165, 1.54) is 5.56 Å². The summed E-state index contributed by atoms with van der Waals surface area (Å²) in [5.74, 6) is -0.152. The van der Waals surface area contributed by atoms with Crippen LogP contribution >= 0.6 is 0 Å². The number of hydrogen-bond acceptors (Lipinski definition) is 3. The van der Waals surface area contributed by atoms with Crippen LogP contribution in [0.15, 0.2) is 71.8 Å². The Kier molecular flexibility index (Phi) is 3.50. The van der Waals surface area contributed by atoms with E-state index in [1.807, 2.05) is 36.4 Å². The van der Waals surface area contributed by atoms with Crippen molar-refractivity contribution in [3.63, 3.8) is 0 Å². The van der Waals surface area contributed by atoms with E-state index in [0.29, 0.717) is 13.0 Å². The second-order valence-electron chi connectivity index (χ2n) is 6.13. The molecule has 2 aromatic carbocycles. The summed E-state index contributed by atoms with van der Waals surface area (Å²) in [6, 6.07) is 20.4. The summed E-state index contributed by atoms with van der Waals surface area (Å²) < 4.78 is 6.03. The van der Waals surface area contributed by atoms with Gasteiger partial charge in [-0.2, -0.15) is 0 Å². The van der Waals surface area contributed by atoms with Gasteiger partial charge >= 0.3 is 5.97 Å². The molecule has 0 saturated heterocycles. The number of carbonyl (C=O) groups excluding carboxylic acids is 1. The topological polar surface area (TPSA) is 38.3 Å². The van der Waals surface area contributed by atoms with Gasteiger partial charge in [-0.15, -0.1) is 0 Å². The monoisotopic (exact) mass is 305 g/mol. The lowest BCUT2D eigenvalue weighted by atomic mass is 9.79. The molecular weight excluding hydrogens is 286 g/mol. The van der Waals surface area contributed by atoms with Crippen LogP contribution in [0.4, 0.5) is 0 Å². The van der Waals surface area contributed by atoms with Crippen molar-refractivity contribution in [3.05, 3.63) is 82.9 Å². The minimum absolute atomic E-state index is 0.152. The molecule has 0 fully saturated rings. The van der Waals surface area contributed by atoms with Crippen LogP contribution < -0.4 is 5.32 Å². The third kappa shape index (κ3) is 2.37. The Morgan fingerprint density at radius 1 is 1.00 bits per heavy atom. The Labute approximate surface area is 136 Å².